The number of carbonyl (C=O) groups is 2. The van der Waals surface area contributed by atoms with Gasteiger partial charge in [0.1, 0.15) is 5.82 Å². The highest BCUT2D eigenvalue weighted by molar-refractivity contribution is 5.75. The van der Waals surface area contributed by atoms with Gasteiger partial charge in [0, 0.05) is 19.0 Å². The molecular formula is C12H12F3NO4. The van der Waals surface area contributed by atoms with E-state index in [1.165, 1.54) is 6.92 Å². The molecule has 0 heterocycles. The molecule has 8 heteroatoms. The molecule has 1 unspecified atom stereocenters. The zero-order valence-corrected chi connectivity index (χ0v) is 10.5. The van der Waals surface area contributed by atoms with Crippen molar-refractivity contribution in [3.8, 4) is 0 Å². The van der Waals surface area contributed by atoms with Gasteiger partial charge in [-0.25, -0.2) is 18.0 Å². The fraction of sp³-hybridized carbons (Fsp3) is 0.333. The van der Waals surface area contributed by atoms with E-state index in [4.69, 9.17) is 5.26 Å². The maximum atomic E-state index is 13.5. The lowest BCUT2D eigenvalue weighted by Crippen LogP contribution is -2.37. The second-order valence-electron chi connectivity index (χ2n) is 4.13. The third-order valence-corrected chi connectivity index (χ3v) is 2.48. The summed E-state index contributed by atoms with van der Waals surface area (Å²) in [6.45, 7) is 1.17. The number of hydrogen-bond donors (Lipinski definition) is 2. The highest BCUT2D eigenvalue weighted by Gasteiger charge is 2.20. The van der Waals surface area contributed by atoms with Gasteiger partial charge in [-0.15, -0.1) is 0 Å². The quantitative estimate of drug-likeness (QED) is 0.490. The minimum Gasteiger partial charge on any atom is -0.353 e. The molecule has 0 radical (unpaired) electrons. The average molecular weight is 291 g/mol. The van der Waals surface area contributed by atoms with Crippen LogP contribution in [0.15, 0.2) is 12.1 Å². The Labute approximate surface area is 112 Å². The van der Waals surface area contributed by atoms with Crippen LogP contribution in [0, 0.1) is 17.5 Å². The Bertz CT molecular complexity index is 522. The minimum absolute atomic E-state index is 0.214. The van der Waals surface area contributed by atoms with Gasteiger partial charge in [0.2, 0.25) is 5.91 Å². The van der Waals surface area contributed by atoms with Crippen LogP contribution < -0.4 is 5.32 Å². The lowest BCUT2D eigenvalue weighted by Gasteiger charge is -2.16. The van der Waals surface area contributed by atoms with Gasteiger partial charge in [0.15, 0.2) is 11.6 Å². The molecule has 1 atom stereocenters. The van der Waals surface area contributed by atoms with Gasteiger partial charge in [-0.2, -0.15) is 5.26 Å². The van der Waals surface area contributed by atoms with E-state index in [-0.39, 0.29) is 12.0 Å². The molecule has 1 rings (SSSR count). The van der Waals surface area contributed by atoms with Crippen molar-refractivity contribution in [2.45, 2.75) is 25.8 Å². The summed E-state index contributed by atoms with van der Waals surface area (Å²) in [5.41, 5.74) is -0.214. The van der Waals surface area contributed by atoms with Crippen LogP contribution in [0.1, 0.15) is 18.9 Å². The first-order chi connectivity index (χ1) is 9.33. The van der Waals surface area contributed by atoms with Gasteiger partial charge < -0.3 is 10.2 Å². The molecule has 0 bridgehead atoms. The molecule has 0 aliphatic heterocycles. The third-order valence-electron chi connectivity index (χ3n) is 2.48. The zero-order chi connectivity index (χ0) is 15.3. The van der Waals surface area contributed by atoms with E-state index in [0.717, 1.165) is 0 Å². The SMILES string of the molecule is CC(=O)NC(CC(=O)OO)Cc1cc(F)c(F)cc1F. The summed E-state index contributed by atoms with van der Waals surface area (Å²) >= 11 is 0. The van der Waals surface area contributed by atoms with E-state index in [2.05, 4.69) is 10.2 Å². The first-order valence-corrected chi connectivity index (χ1v) is 5.58. The van der Waals surface area contributed by atoms with E-state index in [0.29, 0.717) is 12.1 Å². The largest absolute Gasteiger partial charge is 0.353 e. The molecule has 1 aromatic rings. The van der Waals surface area contributed by atoms with Crippen LogP contribution >= 0.6 is 0 Å². The van der Waals surface area contributed by atoms with Crippen molar-refractivity contribution in [3.63, 3.8) is 0 Å². The molecular weight excluding hydrogens is 279 g/mol. The predicted octanol–water partition coefficient (Wildman–Crippen LogP) is 1.56. The van der Waals surface area contributed by atoms with Crippen LogP contribution in [0.3, 0.4) is 0 Å². The number of halogens is 3. The molecule has 1 aromatic carbocycles. The van der Waals surface area contributed by atoms with E-state index in [1.54, 1.807) is 0 Å². The summed E-state index contributed by atoms with van der Waals surface area (Å²) in [4.78, 5) is 25.4. The van der Waals surface area contributed by atoms with E-state index in [1.807, 2.05) is 0 Å². The fourth-order valence-electron chi connectivity index (χ4n) is 1.69. The van der Waals surface area contributed by atoms with E-state index >= 15 is 0 Å². The Kier molecular flexibility index (Phi) is 5.51. The molecule has 0 saturated heterocycles. The van der Waals surface area contributed by atoms with Gasteiger partial charge in [0.05, 0.1) is 6.42 Å². The van der Waals surface area contributed by atoms with Crippen molar-refractivity contribution in [2.24, 2.45) is 0 Å². The maximum Gasteiger partial charge on any atom is 0.344 e. The highest BCUT2D eigenvalue weighted by Crippen LogP contribution is 2.16. The Balaban J connectivity index is 2.91. The van der Waals surface area contributed by atoms with Crippen molar-refractivity contribution in [1.82, 2.24) is 5.32 Å². The zero-order valence-electron chi connectivity index (χ0n) is 10.5. The standard InChI is InChI=1S/C12H12F3NO4/c1-6(17)16-8(4-12(18)20-19)2-7-3-10(14)11(15)5-9(7)13/h3,5,8,19H,2,4H2,1H3,(H,16,17). The van der Waals surface area contributed by atoms with Crippen molar-refractivity contribution in [3.05, 3.63) is 35.1 Å². The van der Waals surface area contributed by atoms with Crippen LogP contribution in [0.4, 0.5) is 13.2 Å². The molecule has 0 spiro atoms. The number of amides is 1. The van der Waals surface area contributed by atoms with Crippen LogP contribution in [-0.2, 0) is 20.9 Å². The average Bonchev–Trinajstić information content (AvgIpc) is 2.34. The summed E-state index contributed by atoms with van der Waals surface area (Å²) in [7, 11) is 0. The van der Waals surface area contributed by atoms with Crippen molar-refractivity contribution in [1.29, 1.82) is 0 Å². The van der Waals surface area contributed by atoms with Gasteiger partial charge in [-0.1, -0.05) is 0 Å². The number of carbonyl (C=O) groups excluding carboxylic acids is 2. The Hall–Kier alpha value is -2.09. The summed E-state index contributed by atoms with van der Waals surface area (Å²) < 4.78 is 39.3. The molecule has 2 N–H and O–H groups in total. The fourth-order valence-corrected chi connectivity index (χ4v) is 1.69. The van der Waals surface area contributed by atoms with E-state index < -0.39 is 41.8 Å². The van der Waals surface area contributed by atoms with Crippen molar-refractivity contribution >= 4 is 11.9 Å². The molecule has 0 aliphatic rings. The number of nitrogens with one attached hydrogen (secondary N) is 1. The molecule has 0 fully saturated rings. The molecule has 5 nitrogen and oxygen atoms in total. The smallest absolute Gasteiger partial charge is 0.344 e. The Morgan fingerprint density at radius 2 is 1.85 bits per heavy atom. The van der Waals surface area contributed by atoms with Crippen molar-refractivity contribution in [2.75, 3.05) is 0 Å². The van der Waals surface area contributed by atoms with Crippen LogP contribution in [0.25, 0.3) is 0 Å². The molecule has 110 valence electrons. The molecule has 0 aliphatic carbocycles. The van der Waals surface area contributed by atoms with Gasteiger partial charge in [-0.3, -0.25) is 4.79 Å². The third kappa shape index (κ3) is 4.54. The summed E-state index contributed by atoms with van der Waals surface area (Å²) in [6.07, 6.45) is -0.716. The van der Waals surface area contributed by atoms with Gasteiger partial charge in [0.25, 0.3) is 0 Å². The Morgan fingerprint density at radius 3 is 2.40 bits per heavy atom. The summed E-state index contributed by atoms with van der Waals surface area (Å²) in [5, 5.41) is 10.5. The number of hydrogen-bond acceptors (Lipinski definition) is 4. The first-order valence-electron chi connectivity index (χ1n) is 5.58. The molecule has 0 saturated carbocycles. The minimum atomic E-state index is -1.34. The molecule has 20 heavy (non-hydrogen) atoms. The number of benzene rings is 1. The Morgan fingerprint density at radius 1 is 1.25 bits per heavy atom. The van der Waals surface area contributed by atoms with Crippen LogP contribution in [0.5, 0.6) is 0 Å². The second kappa shape index (κ2) is 6.90. The lowest BCUT2D eigenvalue weighted by atomic mass is 10.0. The normalized spacial score (nSPS) is 11.8. The van der Waals surface area contributed by atoms with Crippen LogP contribution in [-0.4, -0.2) is 23.2 Å². The van der Waals surface area contributed by atoms with Gasteiger partial charge >= 0.3 is 5.97 Å². The highest BCUT2D eigenvalue weighted by atomic mass is 19.2. The number of rotatable bonds is 5. The first kappa shape index (κ1) is 16.0. The van der Waals surface area contributed by atoms with Gasteiger partial charge in [-0.05, 0) is 18.1 Å². The van der Waals surface area contributed by atoms with Crippen LogP contribution in [0.2, 0.25) is 0 Å². The molecule has 0 aromatic heterocycles. The molecule has 1 amide bonds. The summed E-state index contributed by atoms with van der Waals surface area (Å²) in [5.74, 6) is -5.14. The topological polar surface area (TPSA) is 75.6 Å². The predicted molar refractivity (Wildman–Crippen MR) is 61.0 cm³/mol. The van der Waals surface area contributed by atoms with E-state index in [9.17, 15) is 22.8 Å². The van der Waals surface area contributed by atoms with Crippen molar-refractivity contribution < 1.29 is 32.9 Å². The maximum absolute atomic E-state index is 13.5. The monoisotopic (exact) mass is 291 g/mol. The lowest BCUT2D eigenvalue weighted by molar-refractivity contribution is -0.234. The second-order valence-corrected chi connectivity index (χ2v) is 4.13. The summed E-state index contributed by atoms with van der Waals surface area (Å²) in [6, 6.07) is 0.0930.